The minimum atomic E-state index is 0.372. The monoisotopic (exact) mass is 266 g/mol. The molecule has 1 atom stereocenters. The number of hydrogen-bond acceptors (Lipinski definition) is 3. The van der Waals surface area contributed by atoms with Crippen molar-refractivity contribution in [3.8, 4) is 6.07 Å². The number of nitriles is 1. The average molecular weight is 266 g/mol. The molecule has 4 nitrogen and oxygen atoms in total. The molecule has 0 aromatic carbocycles. The molecule has 0 saturated heterocycles. The number of rotatable bonds is 5. The van der Waals surface area contributed by atoms with Crippen molar-refractivity contribution in [2.75, 3.05) is 7.05 Å². The third-order valence-corrected chi connectivity index (χ3v) is 3.83. The summed E-state index contributed by atoms with van der Waals surface area (Å²) in [6.45, 7) is 0.829. The Morgan fingerprint density at radius 2 is 2.35 bits per heavy atom. The molecule has 1 unspecified atom stereocenters. The van der Waals surface area contributed by atoms with Gasteiger partial charge < -0.3 is 4.98 Å². The summed E-state index contributed by atoms with van der Waals surface area (Å²) in [7, 11) is 2.14. The first-order valence-corrected chi connectivity index (χ1v) is 6.96. The molecule has 1 saturated carbocycles. The van der Waals surface area contributed by atoms with E-state index in [0.29, 0.717) is 17.7 Å². The van der Waals surface area contributed by atoms with Crippen molar-refractivity contribution < 1.29 is 0 Å². The highest BCUT2D eigenvalue weighted by Gasteiger charge is 2.35. The number of H-pyrrole nitrogens is 1. The molecule has 20 heavy (non-hydrogen) atoms. The van der Waals surface area contributed by atoms with E-state index in [2.05, 4.69) is 40.1 Å². The van der Waals surface area contributed by atoms with Crippen molar-refractivity contribution in [1.29, 1.82) is 5.26 Å². The van der Waals surface area contributed by atoms with Crippen molar-refractivity contribution in [3.63, 3.8) is 0 Å². The van der Waals surface area contributed by atoms with Gasteiger partial charge in [0.05, 0.1) is 11.7 Å². The minimum Gasteiger partial charge on any atom is -0.353 e. The van der Waals surface area contributed by atoms with Gasteiger partial charge in [0.2, 0.25) is 0 Å². The Hall–Kier alpha value is -2.12. The maximum absolute atomic E-state index is 8.87. The Bertz CT molecular complexity index is 607. The van der Waals surface area contributed by atoms with Gasteiger partial charge in [-0.1, -0.05) is 6.07 Å². The van der Waals surface area contributed by atoms with E-state index in [1.807, 2.05) is 24.5 Å². The molecule has 2 aromatic heterocycles. The van der Waals surface area contributed by atoms with Crippen LogP contribution >= 0.6 is 0 Å². The first-order valence-electron chi connectivity index (χ1n) is 6.96. The molecule has 0 aliphatic heterocycles. The van der Waals surface area contributed by atoms with Crippen LogP contribution in [-0.2, 0) is 6.54 Å². The van der Waals surface area contributed by atoms with E-state index in [9.17, 15) is 0 Å². The molecule has 2 heterocycles. The van der Waals surface area contributed by atoms with Crippen molar-refractivity contribution in [3.05, 3.63) is 53.6 Å². The molecule has 1 aliphatic carbocycles. The van der Waals surface area contributed by atoms with E-state index in [1.165, 1.54) is 12.8 Å². The smallest absolute Gasteiger partial charge is 0.117 e. The second-order valence-corrected chi connectivity index (χ2v) is 5.49. The van der Waals surface area contributed by atoms with Gasteiger partial charge >= 0.3 is 0 Å². The van der Waals surface area contributed by atoms with Gasteiger partial charge in [0.25, 0.3) is 0 Å². The quantitative estimate of drug-likeness (QED) is 0.905. The van der Waals surface area contributed by atoms with Crippen molar-refractivity contribution in [1.82, 2.24) is 14.9 Å². The van der Waals surface area contributed by atoms with E-state index in [4.69, 9.17) is 5.26 Å². The van der Waals surface area contributed by atoms with Crippen LogP contribution in [0.1, 0.15) is 35.8 Å². The number of nitrogens with one attached hydrogen (secondary N) is 1. The lowest BCUT2D eigenvalue weighted by Crippen LogP contribution is -2.26. The highest BCUT2D eigenvalue weighted by atomic mass is 15.1. The Morgan fingerprint density at radius 1 is 1.50 bits per heavy atom. The molecule has 3 rings (SSSR count). The van der Waals surface area contributed by atoms with E-state index in [1.54, 1.807) is 0 Å². The third kappa shape index (κ3) is 2.73. The molecule has 0 bridgehead atoms. The van der Waals surface area contributed by atoms with Crippen LogP contribution in [0.2, 0.25) is 0 Å². The molecule has 2 aromatic rings. The fourth-order valence-corrected chi connectivity index (χ4v) is 2.77. The van der Waals surface area contributed by atoms with Gasteiger partial charge in [0.1, 0.15) is 11.8 Å². The standard InChI is InChI=1S/C16H18N4/c1-20(11-12-8-14(9-17)19-10-12)16(13-5-6-13)15-4-2-3-7-18-15/h2-4,7-8,10,13,16,19H,5-6,11H2,1H3. The molecule has 1 N–H and O–H groups in total. The Balaban J connectivity index is 1.76. The van der Waals surface area contributed by atoms with Crippen LogP contribution in [0, 0.1) is 17.2 Å². The van der Waals surface area contributed by atoms with Gasteiger partial charge in [0.15, 0.2) is 0 Å². The molecule has 102 valence electrons. The Kier molecular flexibility index (Phi) is 3.53. The summed E-state index contributed by atoms with van der Waals surface area (Å²) in [5.74, 6) is 0.712. The van der Waals surface area contributed by atoms with Gasteiger partial charge in [-0.2, -0.15) is 5.26 Å². The molecule has 4 heteroatoms. The zero-order chi connectivity index (χ0) is 13.9. The summed E-state index contributed by atoms with van der Waals surface area (Å²) in [4.78, 5) is 9.84. The zero-order valence-corrected chi connectivity index (χ0v) is 11.6. The largest absolute Gasteiger partial charge is 0.353 e. The van der Waals surface area contributed by atoms with Crippen LogP contribution in [0.5, 0.6) is 0 Å². The molecule has 1 fully saturated rings. The lowest BCUT2D eigenvalue weighted by Gasteiger charge is -2.27. The number of pyridine rings is 1. The topological polar surface area (TPSA) is 55.7 Å². The minimum absolute atomic E-state index is 0.372. The summed E-state index contributed by atoms with van der Waals surface area (Å²) in [6.07, 6.45) is 6.34. The Morgan fingerprint density at radius 3 is 2.95 bits per heavy atom. The lowest BCUT2D eigenvalue weighted by molar-refractivity contribution is 0.208. The zero-order valence-electron chi connectivity index (χ0n) is 11.6. The van der Waals surface area contributed by atoms with Gasteiger partial charge in [-0.15, -0.1) is 0 Å². The molecular weight excluding hydrogens is 248 g/mol. The summed E-state index contributed by atoms with van der Waals surface area (Å²) in [6, 6.07) is 10.5. The highest BCUT2D eigenvalue weighted by molar-refractivity contribution is 5.26. The summed E-state index contributed by atoms with van der Waals surface area (Å²) in [5.41, 5.74) is 2.91. The number of hydrogen-bond donors (Lipinski definition) is 1. The lowest BCUT2D eigenvalue weighted by atomic mass is 10.1. The van der Waals surface area contributed by atoms with Crippen molar-refractivity contribution in [2.45, 2.75) is 25.4 Å². The number of nitrogens with zero attached hydrogens (tertiary/aromatic N) is 3. The fraction of sp³-hybridized carbons (Fsp3) is 0.375. The van der Waals surface area contributed by atoms with Crippen LogP contribution in [0.4, 0.5) is 0 Å². The SMILES string of the molecule is CN(Cc1c[nH]c(C#N)c1)C(c1ccccn1)C1CC1. The summed E-state index contributed by atoms with van der Waals surface area (Å²) >= 11 is 0. The second-order valence-electron chi connectivity index (χ2n) is 5.49. The molecule has 0 spiro atoms. The van der Waals surface area contributed by atoms with E-state index < -0.39 is 0 Å². The van der Waals surface area contributed by atoms with Gasteiger partial charge in [-0.05, 0) is 49.6 Å². The van der Waals surface area contributed by atoms with Crippen molar-refractivity contribution >= 4 is 0 Å². The van der Waals surface area contributed by atoms with E-state index >= 15 is 0 Å². The number of aromatic nitrogens is 2. The maximum atomic E-state index is 8.87. The van der Waals surface area contributed by atoms with Crippen LogP contribution in [0.15, 0.2) is 36.7 Å². The first kappa shape index (κ1) is 12.9. The predicted molar refractivity (Wildman–Crippen MR) is 76.7 cm³/mol. The molecule has 0 radical (unpaired) electrons. The van der Waals surface area contributed by atoms with Crippen LogP contribution in [-0.4, -0.2) is 21.9 Å². The fourth-order valence-electron chi connectivity index (χ4n) is 2.77. The predicted octanol–water partition coefficient (Wildman–Crippen LogP) is 2.86. The second kappa shape index (κ2) is 5.48. The molecule has 0 amide bonds. The van der Waals surface area contributed by atoms with Gasteiger partial charge in [-0.25, -0.2) is 0 Å². The Labute approximate surface area is 119 Å². The average Bonchev–Trinajstić information content (AvgIpc) is 3.19. The normalized spacial score (nSPS) is 16.1. The van der Waals surface area contributed by atoms with E-state index in [-0.39, 0.29) is 0 Å². The first-order chi connectivity index (χ1) is 9.78. The van der Waals surface area contributed by atoms with Crippen LogP contribution < -0.4 is 0 Å². The number of aromatic amines is 1. The van der Waals surface area contributed by atoms with Crippen molar-refractivity contribution in [2.24, 2.45) is 5.92 Å². The van der Waals surface area contributed by atoms with Crippen LogP contribution in [0.3, 0.4) is 0 Å². The van der Waals surface area contributed by atoms with Gasteiger partial charge in [-0.3, -0.25) is 9.88 Å². The summed E-state index contributed by atoms with van der Waals surface area (Å²) in [5, 5.41) is 8.87. The third-order valence-electron chi connectivity index (χ3n) is 3.83. The van der Waals surface area contributed by atoms with Crippen LogP contribution in [0.25, 0.3) is 0 Å². The molecule has 1 aliphatic rings. The molecular formula is C16H18N4. The summed E-state index contributed by atoms with van der Waals surface area (Å²) < 4.78 is 0. The van der Waals surface area contributed by atoms with E-state index in [0.717, 1.165) is 17.8 Å². The highest BCUT2D eigenvalue weighted by Crippen LogP contribution is 2.43. The maximum Gasteiger partial charge on any atom is 0.117 e. The van der Waals surface area contributed by atoms with Gasteiger partial charge in [0, 0.05) is 18.9 Å².